The average Bonchev–Trinajstić information content (AvgIpc) is 2.53. The van der Waals surface area contributed by atoms with Gasteiger partial charge in [-0.15, -0.1) is 11.8 Å². The molecule has 2 rings (SSSR count). The summed E-state index contributed by atoms with van der Waals surface area (Å²) < 4.78 is 13.7. The summed E-state index contributed by atoms with van der Waals surface area (Å²) in [5.74, 6) is -0.416. The summed E-state index contributed by atoms with van der Waals surface area (Å²) in [6, 6.07) is 14.0. The SMILES string of the molecule is CSc1ccccc1NC(=O)CNC(C)c1ccccc1F. The molecule has 2 N–H and O–H groups in total. The summed E-state index contributed by atoms with van der Waals surface area (Å²) in [5, 5.41) is 5.91. The van der Waals surface area contributed by atoms with Gasteiger partial charge in [0.2, 0.25) is 5.91 Å². The first-order valence-electron chi connectivity index (χ1n) is 7.02. The van der Waals surface area contributed by atoms with Gasteiger partial charge in [-0.3, -0.25) is 4.79 Å². The van der Waals surface area contributed by atoms with Gasteiger partial charge in [-0.2, -0.15) is 0 Å². The molecule has 2 aromatic rings. The van der Waals surface area contributed by atoms with E-state index < -0.39 is 0 Å². The summed E-state index contributed by atoms with van der Waals surface area (Å²) in [5.41, 5.74) is 1.35. The number of benzene rings is 2. The van der Waals surface area contributed by atoms with Crippen LogP contribution in [0.1, 0.15) is 18.5 Å². The summed E-state index contributed by atoms with van der Waals surface area (Å²) in [4.78, 5) is 13.0. The lowest BCUT2D eigenvalue weighted by Gasteiger charge is -2.15. The van der Waals surface area contributed by atoms with Crippen molar-refractivity contribution in [3.05, 3.63) is 59.9 Å². The second kappa shape index (κ2) is 7.96. The fourth-order valence-electron chi connectivity index (χ4n) is 2.12. The predicted octanol–water partition coefficient (Wildman–Crippen LogP) is 3.84. The normalized spacial score (nSPS) is 12.0. The summed E-state index contributed by atoms with van der Waals surface area (Å²) in [6.07, 6.45) is 1.96. The molecule has 0 fully saturated rings. The number of hydrogen-bond acceptors (Lipinski definition) is 3. The van der Waals surface area contributed by atoms with Gasteiger partial charge in [-0.25, -0.2) is 4.39 Å². The number of para-hydroxylation sites is 1. The average molecular weight is 318 g/mol. The second-order valence-corrected chi connectivity index (χ2v) is 5.72. The van der Waals surface area contributed by atoms with Crippen LogP contribution in [0.4, 0.5) is 10.1 Å². The smallest absolute Gasteiger partial charge is 0.238 e. The van der Waals surface area contributed by atoms with Crippen molar-refractivity contribution in [3.63, 3.8) is 0 Å². The van der Waals surface area contributed by atoms with Crippen molar-refractivity contribution in [2.24, 2.45) is 0 Å². The van der Waals surface area contributed by atoms with Gasteiger partial charge in [-0.05, 0) is 31.4 Å². The fraction of sp³-hybridized carbons (Fsp3) is 0.235. The first kappa shape index (κ1) is 16.5. The molecule has 1 atom stereocenters. The Kier molecular flexibility index (Phi) is 5.98. The van der Waals surface area contributed by atoms with Crippen molar-refractivity contribution >= 4 is 23.4 Å². The number of amides is 1. The van der Waals surface area contributed by atoms with Crippen molar-refractivity contribution in [1.29, 1.82) is 0 Å². The van der Waals surface area contributed by atoms with E-state index in [9.17, 15) is 9.18 Å². The molecular formula is C17H19FN2OS. The Morgan fingerprint density at radius 1 is 1.18 bits per heavy atom. The number of nitrogens with one attached hydrogen (secondary N) is 2. The van der Waals surface area contributed by atoms with Crippen LogP contribution < -0.4 is 10.6 Å². The molecule has 0 saturated carbocycles. The van der Waals surface area contributed by atoms with Gasteiger partial charge in [0, 0.05) is 16.5 Å². The van der Waals surface area contributed by atoms with Crippen LogP contribution in [0, 0.1) is 5.82 Å². The van der Waals surface area contributed by atoms with E-state index in [0.29, 0.717) is 5.56 Å². The van der Waals surface area contributed by atoms with E-state index in [1.54, 1.807) is 30.0 Å². The zero-order valence-corrected chi connectivity index (χ0v) is 13.4. The topological polar surface area (TPSA) is 41.1 Å². The number of anilines is 1. The van der Waals surface area contributed by atoms with Gasteiger partial charge < -0.3 is 10.6 Å². The molecule has 0 saturated heterocycles. The quantitative estimate of drug-likeness (QED) is 0.795. The van der Waals surface area contributed by atoms with Gasteiger partial charge in [0.15, 0.2) is 0 Å². The maximum absolute atomic E-state index is 13.7. The Labute approximate surface area is 134 Å². The molecule has 3 nitrogen and oxygen atoms in total. The molecule has 22 heavy (non-hydrogen) atoms. The van der Waals surface area contributed by atoms with Crippen molar-refractivity contribution in [3.8, 4) is 0 Å². The Balaban J connectivity index is 1.92. The van der Waals surface area contributed by atoms with Crippen LogP contribution in [0.15, 0.2) is 53.4 Å². The highest BCUT2D eigenvalue weighted by Gasteiger charge is 2.12. The molecule has 0 radical (unpaired) electrons. The summed E-state index contributed by atoms with van der Waals surface area (Å²) >= 11 is 1.58. The van der Waals surface area contributed by atoms with Crippen molar-refractivity contribution in [2.75, 3.05) is 18.1 Å². The Bertz CT molecular complexity index is 648. The molecule has 0 aliphatic carbocycles. The highest BCUT2D eigenvalue weighted by molar-refractivity contribution is 7.98. The lowest BCUT2D eigenvalue weighted by molar-refractivity contribution is -0.115. The van der Waals surface area contributed by atoms with Crippen molar-refractivity contribution < 1.29 is 9.18 Å². The van der Waals surface area contributed by atoms with E-state index in [2.05, 4.69) is 10.6 Å². The summed E-state index contributed by atoms with van der Waals surface area (Å²) in [7, 11) is 0. The minimum absolute atomic E-state index is 0.123. The third-order valence-corrected chi connectivity index (χ3v) is 4.12. The highest BCUT2D eigenvalue weighted by Crippen LogP contribution is 2.24. The minimum atomic E-state index is -0.268. The molecule has 0 aliphatic heterocycles. The first-order chi connectivity index (χ1) is 10.6. The molecular weight excluding hydrogens is 299 g/mol. The number of carbonyl (C=O) groups excluding carboxylic acids is 1. The van der Waals surface area contributed by atoms with E-state index in [4.69, 9.17) is 0 Å². The lowest BCUT2D eigenvalue weighted by atomic mass is 10.1. The molecule has 2 aromatic carbocycles. The maximum atomic E-state index is 13.7. The van der Waals surface area contributed by atoms with E-state index >= 15 is 0 Å². The molecule has 116 valence electrons. The van der Waals surface area contributed by atoms with Crippen LogP contribution in [0.25, 0.3) is 0 Å². The molecule has 0 aromatic heterocycles. The first-order valence-corrected chi connectivity index (χ1v) is 8.25. The van der Waals surface area contributed by atoms with E-state index in [-0.39, 0.29) is 24.3 Å². The molecule has 1 amide bonds. The van der Waals surface area contributed by atoms with E-state index in [1.165, 1.54) is 6.07 Å². The third-order valence-electron chi connectivity index (χ3n) is 3.32. The molecule has 5 heteroatoms. The lowest BCUT2D eigenvalue weighted by Crippen LogP contribution is -2.30. The van der Waals surface area contributed by atoms with Gasteiger partial charge in [0.25, 0.3) is 0 Å². The number of hydrogen-bond donors (Lipinski definition) is 2. The molecule has 0 aliphatic rings. The van der Waals surface area contributed by atoms with Gasteiger partial charge in [0.05, 0.1) is 12.2 Å². The van der Waals surface area contributed by atoms with Gasteiger partial charge in [-0.1, -0.05) is 30.3 Å². The maximum Gasteiger partial charge on any atom is 0.238 e. The zero-order chi connectivity index (χ0) is 15.9. The molecule has 1 unspecified atom stereocenters. The highest BCUT2D eigenvalue weighted by atomic mass is 32.2. The molecule has 0 spiro atoms. The Morgan fingerprint density at radius 2 is 1.86 bits per heavy atom. The van der Waals surface area contributed by atoms with Crippen molar-refractivity contribution in [2.45, 2.75) is 17.9 Å². The van der Waals surface area contributed by atoms with Crippen LogP contribution in [0.5, 0.6) is 0 Å². The monoisotopic (exact) mass is 318 g/mol. The summed E-state index contributed by atoms with van der Waals surface area (Å²) in [6.45, 7) is 1.96. The van der Waals surface area contributed by atoms with Crippen LogP contribution in [0.2, 0.25) is 0 Å². The van der Waals surface area contributed by atoms with Crippen LogP contribution in [0.3, 0.4) is 0 Å². The third kappa shape index (κ3) is 4.32. The van der Waals surface area contributed by atoms with Crippen LogP contribution in [-0.4, -0.2) is 18.7 Å². The number of thioether (sulfide) groups is 1. The fourth-order valence-corrected chi connectivity index (χ4v) is 2.68. The second-order valence-electron chi connectivity index (χ2n) is 4.87. The number of halogens is 1. The molecule has 0 bridgehead atoms. The Morgan fingerprint density at radius 3 is 2.59 bits per heavy atom. The van der Waals surface area contributed by atoms with Gasteiger partial charge >= 0.3 is 0 Å². The predicted molar refractivity (Wildman–Crippen MR) is 89.7 cm³/mol. The van der Waals surface area contributed by atoms with E-state index in [0.717, 1.165) is 10.6 Å². The van der Waals surface area contributed by atoms with Crippen LogP contribution >= 0.6 is 11.8 Å². The zero-order valence-electron chi connectivity index (χ0n) is 12.6. The van der Waals surface area contributed by atoms with Crippen molar-refractivity contribution in [1.82, 2.24) is 5.32 Å². The number of rotatable bonds is 6. The van der Waals surface area contributed by atoms with E-state index in [1.807, 2.05) is 37.4 Å². The molecule has 0 heterocycles. The standard InChI is InChI=1S/C17H19FN2OS/c1-12(13-7-3-4-8-14(13)18)19-11-17(21)20-15-9-5-6-10-16(15)22-2/h3-10,12,19H,11H2,1-2H3,(H,20,21). The number of carbonyl (C=O) groups is 1. The van der Waals surface area contributed by atoms with Gasteiger partial charge in [0.1, 0.15) is 5.82 Å². The minimum Gasteiger partial charge on any atom is -0.324 e. The largest absolute Gasteiger partial charge is 0.324 e. The van der Waals surface area contributed by atoms with Crippen LogP contribution in [-0.2, 0) is 4.79 Å². The Hall–Kier alpha value is -1.85.